The quantitative estimate of drug-likeness (QED) is 0.0622. The van der Waals surface area contributed by atoms with Crippen LogP contribution in [0.4, 0.5) is 8.78 Å². The monoisotopic (exact) mass is 1170 g/mol. The third kappa shape index (κ3) is 15.2. The second-order valence-electron chi connectivity index (χ2n) is 19.8. The molecule has 23 heteroatoms. The first-order valence-corrected chi connectivity index (χ1v) is 27.5. The first kappa shape index (κ1) is 58.3. The molecule has 0 saturated carbocycles. The van der Waals surface area contributed by atoms with E-state index >= 15 is 0 Å². The molecule has 20 nitrogen and oxygen atoms in total. The molecule has 1 N–H and O–H groups in total. The third-order valence-electron chi connectivity index (χ3n) is 13.7. The van der Waals surface area contributed by atoms with Crippen LogP contribution in [-0.2, 0) is 35.9 Å². The van der Waals surface area contributed by atoms with Crippen molar-refractivity contribution in [2.75, 3.05) is 13.1 Å². The van der Waals surface area contributed by atoms with E-state index in [1.165, 1.54) is 43.1 Å². The maximum absolute atomic E-state index is 14.3. The van der Waals surface area contributed by atoms with Crippen LogP contribution < -0.4 is 24.3 Å². The summed E-state index contributed by atoms with van der Waals surface area (Å²) < 4.78 is 55.8. The minimum Gasteiger partial charge on any atom is -0.489 e. The second-order valence-corrected chi connectivity index (χ2v) is 20.1. The number of allylic oxidation sites excluding steroid dienone is 1. The first-order chi connectivity index (χ1) is 41.3. The van der Waals surface area contributed by atoms with Crippen LogP contribution >= 0.6 is 11.6 Å². The Labute approximate surface area is 492 Å². The van der Waals surface area contributed by atoms with Crippen molar-refractivity contribution in [2.24, 2.45) is 0 Å². The van der Waals surface area contributed by atoms with Gasteiger partial charge >= 0.3 is 0 Å². The highest BCUT2D eigenvalue weighted by Crippen LogP contribution is 2.34. The van der Waals surface area contributed by atoms with Gasteiger partial charge in [-0.2, -0.15) is 10.2 Å². The van der Waals surface area contributed by atoms with E-state index in [2.05, 4.69) is 58.3 Å². The Kier molecular flexibility index (Phi) is 18.8. The molecule has 10 aromatic rings. The maximum Gasteiger partial charge on any atom is 0.246 e. The van der Waals surface area contributed by atoms with Gasteiger partial charge in [0, 0.05) is 108 Å². The molecule has 12 rings (SSSR count). The Morgan fingerprint density at radius 3 is 1.53 bits per heavy atom. The Balaban J connectivity index is 0.000000176. The molecule has 85 heavy (non-hydrogen) atoms. The number of halogens is 3. The van der Waals surface area contributed by atoms with E-state index in [4.69, 9.17) is 40.7 Å². The number of nitrogens with zero attached hydrogens (tertiary/aromatic N) is 13. The number of hydrogen-bond acceptors (Lipinski definition) is 17. The fourth-order valence-electron chi connectivity index (χ4n) is 9.58. The SMILES string of the molecule is C=CC(=O)Cl.C=CC(=O)N1CCC[C@@H]1Cn1nc(-c2ccc(Oc3cc(F)cc(OCc4cnc(C)nc4)c3)cc2)c2cncnc21.Cc1ncc(COc2cc(F)cc(Oc3ccc(-c4nn(C[C@H]5CCCN5)c5ncncc45)cc3)c2)cn1. The van der Waals surface area contributed by atoms with Crippen LogP contribution in [0.2, 0.25) is 0 Å². The molecule has 8 heterocycles. The number of aryl methyl sites for hydroxylation is 2. The minimum absolute atomic E-state index is 0.0163. The molecule has 0 unspecified atom stereocenters. The van der Waals surface area contributed by atoms with E-state index in [-0.39, 0.29) is 25.2 Å². The van der Waals surface area contributed by atoms with Gasteiger partial charge in [0.1, 0.15) is 95.0 Å². The van der Waals surface area contributed by atoms with Crippen molar-refractivity contribution in [2.45, 2.75) is 77.9 Å². The summed E-state index contributed by atoms with van der Waals surface area (Å²) >= 11 is 4.71. The smallest absolute Gasteiger partial charge is 0.246 e. The average molecular weight is 1170 g/mol. The highest BCUT2D eigenvalue weighted by Gasteiger charge is 2.29. The number of amides is 1. The van der Waals surface area contributed by atoms with Crippen molar-refractivity contribution in [1.29, 1.82) is 0 Å². The van der Waals surface area contributed by atoms with Gasteiger partial charge in [0.15, 0.2) is 11.3 Å². The van der Waals surface area contributed by atoms with Crippen LogP contribution in [0.1, 0.15) is 48.5 Å². The number of aromatic nitrogens is 12. The molecule has 0 spiro atoms. The van der Waals surface area contributed by atoms with E-state index in [0.717, 1.165) is 88.5 Å². The predicted molar refractivity (Wildman–Crippen MR) is 314 cm³/mol. The second kappa shape index (κ2) is 27.4. The molecule has 6 aromatic heterocycles. The van der Waals surface area contributed by atoms with Gasteiger partial charge in [0.25, 0.3) is 0 Å². The van der Waals surface area contributed by atoms with E-state index in [1.807, 2.05) is 57.6 Å². The molecule has 2 saturated heterocycles. The fourth-order valence-corrected chi connectivity index (χ4v) is 9.58. The molecule has 0 radical (unpaired) electrons. The topological polar surface area (TPSA) is 225 Å². The zero-order chi connectivity index (χ0) is 59.2. The summed E-state index contributed by atoms with van der Waals surface area (Å²) in [7, 11) is 0. The molecule has 4 aromatic carbocycles. The molecule has 2 atom stereocenters. The van der Waals surface area contributed by atoms with Gasteiger partial charge in [0.2, 0.25) is 11.1 Å². The molecule has 0 bridgehead atoms. The van der Waals surface area contributed by atoms with E-state index in [9.17, 15) is 18.4 Å². The van der Waals surface area contributed by atoms with Crippen molar-refractivity contribution in [3.05, 3.63) is 194 Å². The fraction of sp³-hybridized carbons (Fsp3) is 0.226. The summed E-state index contributed by atoms with van der Waals surface area (Å²) in [4.78, 5) is 57.6. The lowest BCUT2D eigenvalue weighted by Gasteiger charge is -2.23. The number of likely N-dealkylation sites (tertiary alicyclic amines) is 1. The van der Waals surface area contributed by atoms with Crippen LogP contribution in [0.3, 0.4) is 0 Å². The standard InChI is InChI=1S/C31H28FN7O3.C28H26FN7O2.C3H3ClO/c1-3-29(40)38-10-4-5-24(38)17-39-31-28(16-33-19-36-31)30(37-39)22-6-8-25(9-7-22)42-27-12-23(32)11-26(13-27)41-18-21-14-34-20(2)35-15-21;1-18-32-12-19(13-33-18)16-37-24-9-21(29)10-25(11-24)38-23-6-4-20(5-7-23)27-26-14-30-17-34-28(26)36(35-27)15-22-3-2-8-31-22;1-2-3(4)5/h3,6-9,11-16,19,24H,1,4-5,10,17-18H2,2H3;4-7,9-14,17,22,31H,2-3,8,15-16H2,1H3;2H,1H2/t24-;22-;/m11./s1. The predicted octanol–water partition coefficient (Wildman–Crippen LogP) is 11.1. The summed E-state index contributed by atoms with van der Waals surface area (Å²) in [5.74, 6) is 2.74. The number of rotatable bonds is 18. The van der Waals surface area contributed by atoms with Crippen LogP contribution in [-0.4, -0.2) is 101 Å². The number of nitrogens with one attached hydrogen (secondary N) is 1. The third-order valence-corrected chi connectivity index (χ3v) is 13.8. The lowest BCUT2D eigenvalue weighted by Crippen LogP contribution is -2.37. The zero-order valence-corrected chi connectivity index (χ0v) is 47.1. The van der Waals surface area contributed by atoms with Crippen molar-refractivity contribution >= 4 is 44.8 Å². The molecular weight excluding hydrogens is 1110 g/mol. The summed E-state index contributed by atoms with van der Waals surface area (Å²) in [6, 6.07) is 23.8. The molecular formula is C62H57ClF2N14O6. The van der Waals surface area contributed by atoms with Crippen LogP contribution in [0, 0.1) is 25.5 Å². The maximum atomic E-state index is 14.3. The molecule has 432 valence electrons. The molecule has 2 aliphatic heterocycles. The highest BCUT2D eigenvalue weighted by molar-refractivity contribution is 6.66. The lowest BCUT2D eigenvalue weighted by molar-refractivity contribution is -0.127. The molecule has 1 amide bonds. The number of fused-ring (bicyclic) bond motifs is 2. The summed E-state index contributed by atoms with van der Waals surface area (Å²) in [5.41, 5.74) is 6.36. The van der Waals surface area contributed by atoms with E-state index < -0.39 is 16.9 Å². The van der Waals surface area contributed by atoms with Crippen LogP contribution in [0.15, 0.2) is 160 Å². The molecule has 0 aliphatic carbocycles. The number of benzene rings is 4. The van der Waals surface area contributed by atoms with Gasteiger partial charge in [-0.1, -0.05) is 13.2 Å². The van der Waals surface area contributed by atoms with Gasteiger partial charge < -0.3 is 29.2 Å². The summed E-state index contributed by atoms with van der Waals surface area (Å²) in [6.07, 6.45) is 19.8. The Morgan fingerprint density at radius 1 is 0.612 bits per heavy atom. The van der Waals surface area contributed by atoms with Crippen molar-refractivity contribution in [3.8, 4) is 57.0 Å². The van der Waals surface area contributed by atoms with Gasteiger partial charge in [-0.05, 0) is 118 Å². The zero-order valence-electron chi connectivity index (χ0n) is 46.4. The van der Waals surface area contributed by atoms with Gasteiger partial charge in [-0.15, -0.1) is 0 Å². The molecule has 2 aliphatic rings. The minimum atomic E-state index is -0.509. The lowest BCUT2D eigenvalue weighted by atomic mass is 10.1. The van der Waals surface area contributed by atoms with Crippen molar-refractivity contribution in [3.63, 3.8) is 0 Å². The summed E-state index contributed by atoms with van der Waals surface area (Å²) in [5, 5.41) is 14.4. The van der Waals surface area contributed by atoms with Crippen molar-refractivity contribution < 1.29 is 37.3 Å². The normalized spacial score (nSPS) is 14.4. The number of ether oxygens (including phenoxy) is 4. The Hall–Kier alpha value is -9.93. The number of carbonyl (C=O) groups is 2. The van der Waals surface area contributed by atoms with Gasteiger partial charge in [-0.25, -0.2) is 58.0 Å². The Bertz CT molecular complexity index is 3960. The molecule has 2 fully saturated rings. The Morgan fingerprint density at radius 2 is 1.08 bits per heavy atom. The largest absolute Gasteiger partial charge is 0.489 e. The number of carbonyl (C=O) groups excluding carboxylic acids is 2. The average Bonchev–Trinajstić information content (AvgIpc) is 2.62. The first-order valence-electron chi connectivity index (χ1n) is 27.1. The van der Waals surface area contributed by atoms with Crippen LogP contribution in [0.25, 0.3) is 44.6 Å². The van der Waals surface area contributed by atoms with Gasteiger partial charge in [0.05, 0.1) is 29.9 Å². The summed E-state index contributed by atoms with van der Waals surface area (Å²) in [6.45, 7) is 13.8. The highest BCUT2D eigenvalue weighted by atomic mass is 35.5. The van der Waals surface area contributed by atoms with Crippen LogP contribution in [0.5, 0.6) is 34.5 Å². The van der Waals surface area contributed by atoms with Gasteiger partial charge in [-0.3, -0.25) is 9.59 Å². The van der Waals surface area contributed by atoms with Crippen molar-refractivity contribution in [1.82, 2.24) is 69.6 Å². The number of hydrogen-bond donors (Lipinski definition) is 1. The van der Waals surface area contributed by atoms with E-state index in [0.29, 0.717) is 70.9 Å². The van der Waals surface area contributed by atoms with E-state index in [1.54, 1.807) is 74.7 Å².